The average Bonchev–Trinajstić information content (AvgIpc) is 2.51. The Hall–Kier alpha value is -1.65. The number of nitrogens with two attached hydrogens (primary N) is 1. The first-order valence-corrected chi connectivity index (χ1v) is 7.78. The van der Waals surface area contributed by atoms with Crippen LogP contribution in [0.3, 0.4) is 0 Å². The molecular formula is C16H16ClNO2S. The van der Waals surface area contributed by atoms with Gasteiger partial charge < -0.3 is 10.5 Å². The molecule has 21 heavy (non-hydrogen) atoms. The Bertz CT molecular complexity index is 619. The average molecular weight is 322 g/mol. The molecule has 0 aliphatic rings. The van der Waals surface area contributed by atoms with E-state index in [1.807, 2.05) is 30.3 Å². The molecule has 0 saturated heterocycles. The minimum atomic E-state index is -0.334. The molecule has 110 valence electrons. The summed E-state index contributed by atoms with van der Waals surface area (Å²) >= 11 is 7.48. The van der Waals surface area contributed by atoms with Crippen molar-refractivity contribution in [3.8, 4) is 0 Å². The van der Waals surface area contributed by atoms with Crippen molar-refractivity contribution in [2.24, 2.45) is 0 Å². The number of carbonyl (C=O) groups excluding carboxylic acids is 1. The Morgan fingerprint density at radius 1 is 1.29 bits per heavy atom. The number of rotatable bonds is 5. The van der Waals surface area contributed by atoms with Gasteiger partial charge in [-0.1, -0.05) is 41.9 Å². The molecule has 0 aromatic heterocycles. The molecule has 0 aliphatic carbocycles. The number of anilines is 1. The molecule has 1 atom stereocenters. The Morgan fingerprint density at radius 2 is 2.00 bits per heavy atom. The number of benzene rings is 2. The Balaban J connectivity index is 2.16. The van der Waals surface area contributed by atoms with Crippen molar-refractivity contribution < 1.29 is 9.53 Å². The van der Waals surface area contributed by atoms with Crippen molar-refractivity contribution in [1.29, 1.82) is 0 Å². The van der Waals surface area contributed by atoms with Gasteiger partial charge in [0.1, 0.15) is 0 Å². The second-order valence-corrected chi connectivity index (χ2v) is 5.98. The lowest BCUT2D eigenvalue weighted by Crippen LogP contribution is -2.16. The van der Waals surface area contributed by atoms with Gasteiger partial charge in [-0.15, -0.1) is 11.8 Å². The first-order chi connectivity index (χ1) is 10.1. The number of ether oxygens (including phenoxy) is 1. The summed E-state index contributed by atoms with van der Waals surface area (Å²) in [4.78, 5) is 12.9. The van der Waals surface area contributed by atoms with Crippen LogP contribution in [0.4, 0.5) is 5.69 Å². The monoisotopic (exact) mass is 321 g/mol. The zero-order valence-corrected chi connectivity index (χ0v) is 13.2. The van der Waals surface area contributed by atoms with E-state index >= 15 is 0 Å². The number of halogens is 1. The maximum Gasteiger partial charge on any atom is 0.313 e. The van der Waals surface area contributed by atoms with Crippen LogP contribution in [0.2, 0.25) is 5.02 Å². The molecule has 0 amide bonds. The number of methoxy groups -OCH3 is 1. The number of thioether (sulfide) groups is 1. The molecule has 0 fully saturated rings. The first-order valence-electron chi connectivity index (χ1n) is 6.42. The van der Waals surface area contributed by atoms with E-state index in [0.717, 1.165) is 10.5 Å². The molecule has 0 radical (unpaired) electrons. The van der Waals surface area contributed by atoms with Gasteiger partial charge in [-0.3, -0.25) is 4.79 Å². The molecule has 0 bridgehead atoms. The molecule has 2 aromatic rings. The van der Waals surface area contributed by atoms with Crippen molar-refractivity contribution in [2.75, 3.05) is 18.6 Å². The predicted molar refractivity (Wildman–Crippen MR) is 87.8 cm³/mol. The Kier molecular flexibility index (Phi) is 5.53. The van der Waals surface area contributed by atoms with Crippen LogP contribution in [0.15, 0.2) is 53.4 Å². The summed E-state index contributed by atoms with van der Waals surface area (Å²) in [6.07, 6.45) is 0. The molecule has 2 aromatic carbocycles. The number of hydrogen-bond donors (Lipinski definition) is 1. The lowest BCUT2D eigenvalue weighted by atomic mass is 10.0. The van der Waals surface area contributed by atoms with E-state index in [1.165, 1.54) is 18.9 Å². The zero-order valence-electron chi connectivity index (χ0n) is 11.6. The molecule has 2 rings (SSSR count). The third-order valence-corrected chi connectivity index (χ3v) is 4.47. The van der Waals surface area contributed by atoms with Gasteiger partial charge in [-0.05, 0) is 23.8 Å². The minimum absolute atomic E-state index is 0.255. The second-order valence-electron chi connectivity index (χ2n) is 4.48. The molecule has 3 nitrogen and oxygen atoms in total. The molecule has 5 heteroatoms. The minimum Gasteiger partial charge on any atom is -0.469 e. The summed E-state index contributed by atoms with van der Waals surface area (Å²) in [6, 6.07) is 14.9. The van der Waals surface area contributed by atoms with E-state index in [-0.39, 0.29) is 11.9 Å². The fourth-order valence-corrected chi connectivity index (χ4v) is 3.29. The van der Waals surface area contributed by atoms with Gasteiger partial charge in [-0.25, -0.2) is 0 Å². The van der Waals surface area contributed by atoms with Crippen LogP contribution in [0.25, 0.3) is 0 Å². The third kappa shape index (κ3) is 4.16. The standard InChI is InChI=1S/C16H16ClNO2S/c1-20-16(19)13(11-5-3-2-4-6-11)10-21-15-9-12(17)7-8-14(15)18/h2-9,13H,10,18H2,1H3. The number of hydrogen-bond acceptors (Lipinski definition) is 4. The highest BCUT2D eigenvalue weighted by Gasteiger charge is 2.21. The highest BCUT2D eigenvalue weighted by molar-refractivity contribution is 7.99. The van der Waals surface area contributed by atoms with E-state index in [1.54, 1.807) is 18.2 Å². The van der Waals surface area contributed by atoms with Gasteiger partial charge in [-0.2, -0.15) is 0 Å². The van der Waals surface area contributed by atoms with Crippen LogP contribution < -0.4 is 5.73 Å². The molecule has 0 heterocycles. The summed E-state index contributed by atoms with van der Waals surface area (Å²) < 4.78 is 4.90. The van der Waals surface area contributed by atoms with Crippen molar-refractivity contribution in [2.45, 2.75) is 10.8 Å². The Morgan fingerprint density at radius 3 is 2.67 bits per heavy atom. The summed E-state index contributed by atoms with van der Waals surface area (Å²) in [5.41, 5.74) is 7.51. The zero-order chi connectivity index (χ0) is 15.2. The topological polar surface area (TPSA) is 52.3 Å². The molecule has 0 saturated carbocycles. The SMILES string of the molecule is COC(=O)C(CSc1cc(Cl)ccc1N)c1ccccc1. The smallest absolute Gasteiger partial charge is 0.313 e. The van der Waals surface area contributed by atoms with Crippen LogP contribution in [0, 0.1) is 0 Å². The van der Waals surface area contributed by atoms with E-state index in [2.05, 4.69) is 0 Å². The maximum absolute atomic E-state index is 12.0. The highest BCUT2D eigenvalue weighted by atomic mass is 35.5. The van der Waals surface area contributed by atoms with Gasteiger partial charge in [0.2, 0.25) is 0 Å². The van der Waals surface area contributed by atoms with Crippen LogP contribution >= 0.6 is 23.4 Å². The quantitative estimate of drug-likeness (QED) is 0.514. The largest absolute Gasteiger partial charge is 0.469 e. The summed E-state index contributed by atoms with van der Waals surface area (Å²) in [7, 11) is 1.40. The van der Waals surface area contributed by atoms with E-state index in [0.29, 0.717) is 16.5 Å². The van der Waals surface area contributed by atoms with Crippen LogP contribution in [0.1, 0.15) is 11.5 Å². The molecule has 0 aliphatic heterocycles. The highest BCUT2D eigenvalue weighted by Crippen LogP contribution is 2.32. The van der Waals surface area contributed by atoms with Crippen molar-refractivity contribution >= 4 is 35.0 Å². The third-order valence-electron chi connectivity index (χ3n) is 3.07. The van der Waals surface area contributed by atoms with E-state index in [4.69, 9.17) is 22.1 Å². The first kappa shape index (κ1) is 15.7. The van der Waals surface area contributed by atoms with Gasteiger partial charge in [0, 0.05) is 21.4 Å². The van der Waals surface area contributed by atoms with Crippen molar-refractivity contribution in [3.63, 3.8) is 0 Å². The lowest BCUT2D eigenvalue weighted by Gasteiger charge is -2.15. The van der Waals surface area contributed by atoms with Crippen LogP contribution in [-0.2, 0) is 9.53 Å². The van der Waals surface area contributed by atoms with Gasteiger partial charge >= 0.3 is 5.97 Å². The predicted octanol–water partition coefficient (Wildman–Crippen LogP) is 3.97. The fraction of sp³-hybridized carbons (Fsp3) is 0.188. The van der Waals surface area contributed by atoms with Gasteiger partial charge in [0.15, 0.2) is 0 Å². The molecule has 1 unspecified atom stereocenters. The van der Waals surface area contributed by atoms with Crippen molar-refractivity contribution in [1.82, 2.24) is 0 Å². The lowest BCUT2D eigenvalue weighted by molar-refractivity contribution is -0.141. The number of carbonyl (C=O) groups is 1. The summed E-state index contributed by atoms with van der Waals surface area (Å²) in [5.74, 6) is -0.0461. The van der Waals surface area contributed by atoms with E-state index < -0.39 is 0 Å². The second kappa shape index (κ2) is 7.38. The van der Waals surface area contributed by atoms with Gasteiger partial charge in [0.05, 0.1) is 13.0 Å². The fourth-order valence-electron chi connectivity index (χ4n) is 1.93. The Labute approximate surface area is 133 Å². The maximum atomic E-state index is 12.0. The molecular weight excluding hydrogens is 306 g/mol. The number of esters is 1. The van der Waals surface area contributed by atoms with Crippen LogP contribution in [0.5, 0.6) is 0 Å². The van der Waals surface area contributed by atoms with Gasteiger partial charge in [0.25, 0.3) is 0 Å². The normalized spacial score (nSPS) is 11.9. The van der Waals surface area contributed by atoms with Crippen LogP contribution in [-0.4, -0.2) is 18.8 Å². The molecule has 0 spiro atoms. The summed E-state index contributed by atoms with van der Waals surface area (Å²) in [6.45, 7) is 0. The van der Waals surface area contributed by atoms with E-state index in [9.17, 15) is 4.79 Å². The molecule has 2 N–H and O–H groups in total. The van der Waals surface area contributed by atoms with Crippen molar-refractivity contribution in [3.05, 3.63) is 59.1 Å². The number of nitrogen functional groups attached to an aromatic ring is 1. The summed E-state index contributed by atoms with van der Waals surface area (Å²) in [5, 5.41) is 0.626.